The molecule has 0 aliphatic heterocycles. The lowest BCUT2D eigenvalue weighted by Gasteiger charge is -2.09. The Labute approximate surface area is 139 Å². The number of rotatable bonds is 9. The number of sulfonamides is 1. The molecule has 22 heavy (non-hydrogen) atoms. The predicted octanol–water partition coefficient (Wildman–Crippen LogP) is 1.94. The highest BCUT2D eigenvalue weighted by molar-refractivity contribution is 7.92. The van der Waals surface area contributed by atoms with E-state index < -0.39 is 10.0 Å². The molecule has 0 aromatic heterocycles. The van der Waals surface area contributed by atoms with E-state index in [9.17, 15) is 13.2 Å². The molecule has 0 aliphatic rings. The number of nitrogens with one attached hydrogen (secondary N) is 2. The van der Waals surface area contributed by atoms with E-state index in [0.29, 0.717) is 28.8 Å². The van der Waals surface area contributed by atoms with Crippen molar-refractivity contribution in [2.45, 2.75) is 6.42 Å². The van der Waals surface area contributed by atoms with Crippen LogP contribution in [-0.2, 0) is 14.8 Å². The van der Waals surface area contributed by atoms with Gasteiger partial charge in [-0.3, -0.25) is 4.79 Å². The van der Waals surface area contributed by atoms with Gasteiger partial charge in [-0.25, -0.2) is 13.1 Å². The van der Waals surface area contributed by atoms with Crippen molar-refractivity contribution in [3.63, 3.8) is 0 Å². The molecule has 1 rings (SSSR count). The van der Waals surface area contributed by atoms with Gasteiger partial charge in [0.05, 0.1) is 5.02 Å². The number of halogens is 2. The van der Waals surface area contributed by atoms with Crippen LogP contribution in [0.15, 0.2) is 30.2 Å². The minimum atomic E-state index is -3.42. The van der Waals surface area contributed by atoms with Crippen LogP contribution in [-0.4, -0.2) is 34.0 Å². The first-order valence-electron chi connectivity index (χ1n) is 6.30. The molecule has 0 bridgehead atoms. The van der Waals surface area contributed by atoms with E-state index >= 15 is 0 Å². The minimum Gasteiger partial charge on any atom is -0.482 e. The number of amides is 1. The van der Waals surface area contributed by atoms with Gasteiger partial charge in [0.1, 0.15) is 5.75 Å². The SMILES string of the molecule is C=CS(=O)(=O)NCCCNC(=O)COc1ccc(Cl)cc1Cl. The normalized spacial score (nSPS) is 11.0. The fraction of sp³-hybridized carbons (Fsp3) is 0.308. The predicted molar refractivity (Wildman–Crippen MR) is 86.7 cm³/mol. The Bertz CT molecular complexity index is 635. The molecule has 0 radical (unpaired) electrons. The number of benzene rings is 1. The molecular weight excluding hydrogens is 351 g/mol. The van der Waals surface area contributed by atoms with Gasteiger partial charge >= 0.3 is 0 Å². The maximum atomic E-state index is 11.6. The summed E-state index contributed by atoms with van der Waals surface area (Å²) >= 11 is 11.6. The average Bonchev–Trinajstić information content (AvgIpc) is 2.46. The largest absolute Gasteiger partial charge is 0.482 e. The molecule has 9 heteroatoms. The Morgan fingerprint density at radius 2 is 2.05 bits per heavy atom. The molecule has 1 aromatic rings. The van der Waals surface area contributed by atoms with Crippen LogP contribution >= 0.6 is 23.2 Å². The number of ether oxygens (including phenoxy) is 1. The Morgan fingerprint density at radius 3 is 2.68 bits per heavy atom. The van der Waals surface area contributed by atoms with Crippen molar-refractivity contribution in [1.29, 1.82) is 0 Å². The van der Waals surface area contributed by atoms with E-state index in [-0.39, 0.29) is 19.1 Å². The monoisotopic (exact) mass is 366 g/mol. The van der Waals surface area contributed by atoms with Crippen molar-refractivity contribution in [2.24, 2.45) is 0 Å². The summed E-state index contributed by atoms with van der Waals surface area (Å²) in [6.45, 7) is 3.50. The molecule has 1 aromatic carbocycles. The van der Waals surface area contributed by atoms with Gasteiger partial charge in [0, 0.05) is 23.5 Å². The quantitative estimate of drug-likeness (QED) is 0.654. The zero-order valence-electron chi connectivity index (χ0n) is 11.6. The smallest absolute Gasteiger partial charge is 0.257 e. The van der Waals surface area contributed by atoms with Gasteiger partial charge in [-0.2, -0.15) is 0 Å². The maximum Gasteiger partial charge on any atom is 0.257 e. The summed E-state index contributed by atoms with van der Waals surface area (Å²) in [4.78, 5) is 11.6. The zero-order chi connectivity index (χ0) is 16.6. The van der Waals surface area contributed by atoms with Gasteiger partial charge in [0.15, 0.2) is 6.61 Å². The van der Waals surface area contributed by atoms with Gasteiger partial charge < -0.3 is 10.1 Å². The summed E-state index contributed by atoms with van der Waals surface area (Å²) in [6.07, 6.45) is 0.445. The molecule has 122 valence electrons. The molecular formula is C13H16Cl2N2O4S. The lowest BCUT2D eigenvalue weighted by Crippen LogP contribution is -2.32. The maximum absolute atomic E-state index is 11.6. The van der Waals surface area contributed by atoms with Crippen molar-refractivity contribution in [3.8, 4) is 5.75 Å². The molecule has 0 unspecified atom stereocenters. The van der Waals surface area contributed by atoms with Gasteiger partial charge in [-0.05, 0) is 24.6 Å². The third-order valence-corrected chi connectivity index (χ3v) is 4.03. The van der Waals surface area contributed by atoms with Crippen molar-refractivity contribution < 1.29 is 17.9 Å². The molecule has 2 N–H and O–H groups in total. The fourth-order valence-electron chi connectivity index (χ4n) is 1.38. The zero-order valence-corrected chi connectivity index (χ0v) is 14.0. The second-order valence-electron chi connectivity index (χ2n) is 4.17. The van der Waals surface area contributed by atoms with Crippen LogP contribution in [0.4, 0.5) is 0 Å². The molecule has 0 saturated heterocycles. The summed E-state index contributed by atoms with van der Waals surface area (Å²) in [5.41, 5.74) is 0. The number of hydrogen-bond donors (Lipinski definition) is 2. The van der Waals surface area contributed by atoms with E-state index in [1.54, 1.807) is 12.1 Å². The molecule has 0 heterocycles. The Kier molecular flexibility index (Phi) is 7.67. The van der Waals surface area contributed by atoms with Gasteiger partial charge in [0.25, 0.3) is 5.91 Å². The Morgan fingerprint density at radius 1 is 1.32 bits per heavy atom. The standard InChI is InChI=1S/C13H16Cl2N2O4S/c1-2-22(19,20)17-7-3-6-16-13(18)9-21-12-5-4-10(14)8-11(12)15/h2,4-5,8,17H,1,3,6-7,9H2,(H,16,18). The third kappa shape index (κ3) is 7.13. The topological polar surface area (TPSA) is 84.5 Å². The number of carbonyl (C=O) groups is 1. The van der Waals surface area contributed by atoms with Crippen LogP contribution in [0.1, 0.15) is 6.42 Å². The van der Waals surface area contributed by atoms with Crippen molar-refractivity contribution in [2.75, 3.05) is 19.7 Å². The molecule has 6 nitrogen and oxygen atoms in total. The molecule has 0 spiro atoms. The molecule has 1 amide bonds. The number of hydrogen-bond acceptors (Lipinski definition) is 4. The second kappa shape index (κ2) is 8.99. The average molecular weight is 367 g/mol. The van der Waals surface area contributed by atoms with Crippen LogP contribution in [0.3, 0.4) is 0 Å². The fourth-order valence-corrected chi connectivity index (χ4v) is 2.39. The first kappa shape index (κ1) is 18.8. The van der Waals surface area contributed by atoms with E-state index in [2.05, 4.69) is 16.6 Å². The van der Waals surface area contributed by atoms with E-state index in [4.69, 9.17) is 27.9 Å². The summed E-state index contributed by atoms with van der Waals surface area (Å²) in [7, 11) is -3.42. The van der Waals surface area contributed by atoms with Crippen LogP contribution in [0.25, 0.3) is 0 Å². The molecule has 0 atom stereocenters. The minimum absolute atomic E-state index is 0.195. The summed E-state index contributed by atoms with van der Waals surface area (Å²) in [5, 5.41) is 4.22. The van der Waals surface area contributed by atoms with Crippen molar-refractivity contribution >= 4 is 39.1 Å². The van der Waals surface area contributed by atoms with Crippen molar-refractivity contribution in [3.05, 3.63) is 40.2 Å². The summed E-state index contributed by atoms with van der Waals surface area (Å²) in [6, 6.07) is 4.69. The lowest BCUT2D eigenvalue weighted by molar-refractivity contribution is -0.123. The highest BCUT2D eigenvalue weighted by Crippen LogP contribution is 2.27. The van der Waals surface area contributed by atoms with E-state index in [1.807, 2.05) is 0 Å². The van der Waals surface area contributed by atoms with Crippen LogP contribution in [0, 0.1) is 0 Å². The van der Waals surface area contributed by atoms with Gasteiger partial charge in [-0.15, -0.1) is 0 Å². The van der Waals surface area contributed by atoms with E-state index in [1.165, 1.54) is 6.07 Å². The third-order valence-electron chi connectivity index (χ3n) is 2.45. The molecule has 0 aliphatic carbocycles. The molecule has 0 fully saturated rings. The summed E-state index contributed by atoms with van der Waals surface area (Å²) < 4.78 is 29.7. The Balaban J connectivity index is 2.23. The number of carbonyl (C=O) groups excluding carboxylic acids is 1. The van der Waals surface area contributed by atoms with Crippen LogP contribution in [0.2, 0.25) is 10.0 Å². The molecule has 0 saturated carbocycles. The van der Waals surface area contributed by atoms with Gasteiger partial charge in [-0.1, -0.05) is 29.8 Å². The lowest BCUT2D eigenvalue weighted by atomic mass is 10.3. The van der Waals surface area contributed by atoms with E-state index in [0.717, 1.165) is 5.41 Å². The first-order valence-corrected chi connectivity index (χ1v) is 8.61. The van der Waals surface area contributed by atoms with Crippen LogP contribution in [0.5, 0.6) is 5.75 Å². The van der Waals surface area contributed by atoms with Gasteiger partial charge in [0.2, 0.25) is 10.0 Å². The Hall–Kier alpha value is -1.28. The van der Waals surface area contributed by atoms with Crippen molar-refractivity contribution in [1.82, 2.24) is 10.0 Å². The second-order valence-corrected chi connectivity index (χ2v) is 6.73. The van der Waals surface area contributed by atoms with Crippen LogP contribution < -0.4 is 14.8 Å². The summed E-state index contributed by atoms with van der Waals surface area (Å²) in [5.74, 6) is 0.0255. The highest BCUT2D eigenvalue weighted by Gasteiger charge is 2.06. The first-order chi connectivity index (χ1) is 10.3. The highest BCUT2D eigenvalue weighted by atomic mass is 35.5.